The van der Waals surface area contributed by atoms with Gasteiger partial charge in [-0.3, -0.25) is 24.5 Å². The first-order valence-electron chi connectivity index (χ1n) is 28.2. The van der Waals surface area contributed by atoms with Gasteiger partial charge >= 0.3 is 114 Å². The molecule has 0 saturated carbocycles. The lowest BCUT2D eigenvalue weighted by molar-refractivity contribution is -0.440. The quantitative estimate of drug-likeness (QED) is 0.0154. The van der Waals surface area contributed by atoms with Crippen molar-refractivity contribution >= 4 is 23.7 Å². The molecular formula is C52H43F39N2O13. The summed E-state index contributed by atoms with van der Waals surface area (Å²) in [6.45, 7) is -8.46. The smallest absolute Gasteiger partial charge is 0.493 e. The van der Waals surface area contributed by atoms with Crippen LogP contribution >= 0.6 is 0 Å². The normalized spacial score (nSPS) is 15.3. The maximum Gasteiger partial charge on any atom is 0.534 e. The highest BCUT2D eigenvalue weighted by Crippen LogP contribution is 2.65. The van der Waals surface area contributed by atoms with Crippen LogP contribution in [-0.2, 0) is 25.8 Å². The molecule has 2 amide bonds. The van der Waals surface area contributed by atoms with Crippen LogP contribution in [0.4, 0.5) is 182 Å². The third-order valence-corrected chi connectivity index (χ3v) is 14.3. The van der Waals surface area contributed by atoms with E-state index in [0.717, 1.165) is 19.2 Å². The number of amides is 2. The predicted molar refractivity (Wildman–Crippen MR) is 264 cm³/mol. The Balaban J connectivity index is 2.09. The van der Waals surface area contributed by atoms with Crippen molar-refractivity contribution < 1.29 is 229 Å². The maximum atomic E-state index is 14.8. The molecule has 0 aliphatic carbocycles. The molecule has 0 unspecified atom stereocenters. The average Bonchev–Trinajstić information content (AvgIpc) is 0.755. The lowest BCUT2D eigenvalue weighted by atomic mass is 9.92. The molecule has 2 aromatic carbocycles. The van der Waals surface area contributed by atoms with E-state index in [4.69, 9.17) is 33.2 Å². The van der Waals surface area contributed by atoms with Crippen molar-refractivity contribution in [2.45, 2.75) is 191 Å². The van der Waals surface area contributed by atoms with Crippen molar-refractivity contribution in [1.29, 1.82) is 0 Å². The SMILES string of the molecule is COc1cc(COC(=O)ON2C(=O)CCC2=O)c([N+](=O)[O-])cc1OCCCCCCOc1cc(OCCCC(F)(F)C(F)(F)C(F)(F)C(F)(F)C(F)(F)C(F)(F)F)c(OCCCC(F)(F)C(F)(F)C(F)(F)C(F)(F)C(F)(F)C(F)(F)F)c(OCCCC(F)(F)C(F)(F)C(F)(F)C(F)(F)C(F)(F)C(F)(F)F)c1. The fourth-order valence-corrected chi connectivity index (χ4v) is 8.27. The van der Waals surface area contributed by atoms with Crippen molar-refractivity contribution in [2.24, 2.45) is 0 Å². The second kappa shape index (κ2) is 31.5. The van der Waals surface area contributed by atoms with Gasteiger partial charge in [-0.05, 0) is 51.0 Å². The molecule has 1 aliphatic rings. The van der Waals surface area contributed by atoms with Gasteiger partial charge in [0, 0.05) is 44.2 Å². The number of carbonyl (C=O) groups is 3. The van der Waals surface area contributed by atoms with Crippen LogP contribution in [0.1, 0.15) is 82.6 Å². The van der Waals surface area contributed by atoms with Crippen LogP contribution in [0.2, 0.25) is 0 Å². The molecule has 0 spiro atoms. The van der Waals surface area contributed by atoms with Gasteiger partial charge in [-0.25, -0.2) is 4.79 Å². The van der Waals surface area contributed by atoms with Gasteiger partial charge in [0.2, 0.25) is 5.75 Å². The second-order valence-electron chi connectivity index (χ2n) is 21.8. The Kier molecular flexibility index (Phi) is 27.5. The fraction of sp³-hybridized carbons (Fsp3) is 0.712. The van der Waals surface area contributed by atoms with E-state index in [0.29, 0.717) is 0 Å². The number of hydrogen-bond donors (Lipinski definition) is 0. The minimum absolute atomic E-state index is 0.0551. The molecule has 15 nitrogen and oxygen atoms in total. The molecule has 0 aromatic heterocycles. The number of unbranched alkanes of at least 4 members (excludes halogenated alkanes) is 3. The summed E-state index contributed by atoms with van der Waals surface area (Å²) in [5.41, 5.74) is -1.24. The number of imide groups is 1. The van der Waals surface area contributed by atoms with Gasteiger partial charge in [-0.1, -0.05) is 5.06 Å². The molecule has 1 saturated heterocycles. The number of hydrogen-bond acceptors (Lipinski definition) is 13. The van der Waals surface area contributed by atoms with E-state index in [1.165, 1.54) is 0 Å². The van der Waals surface area contributed by atoms with E-state index in [1.54, 1.807) is 0 Å². The van der Waals surface area contributed by atoms with Crippen molar-refractivity contribution in [1.82, 2.24) is 5.06 Å². The number of alkyl halides is 39. The Morgan fingerprint density at radius 3 is 1.01 bits per heavy atom. The predicted octanol–water partition coefficient (Wildman–Crippen LogP) is 19.0. The molecule has 106 heavy (non-hydrogen) atoms. The van der Waals surface area contributed by atoms with Crippen LogP contribution in [0, 0.1) is 10.1 Å². The fourth-order valence-electron chi connectivity index (χ4n) is 8.27. The van der Waals surface area contributed by atoms with Crippen LogP contribution in [-0.4, -0.2) is 175 Å². The average molecular weight is 1640 g/mol. The largest absolute Gasteiger partial charge is 0.534 e. The second-order valence-corrected chi connectivity index (χ2v) is 21.8. The van der Waals surface area contributed by atoms with Crippen molar-refractivity contribution in [3.05, 3.63) is 39.9 Å². The van der Waals surface area contributed by atoms with Gasteiger partial charge in [0.05, 0.1) is 56.7 Å². The summed E-state index contributed by atoms with van der Waals surface area (Å²) in [6, 6.07) is 1.91. The molecular weight excluding hydrogens is 1600 g/mol. The molecule has 1 fully saturated rings. The van der Waals surface area contributed by atoms with E-state index in [-0.39, 0.29) is 67.2 Å². The van der Waals surface area contributed by atoms with Crippen LogP contribution in [0.5, 0.6) is 34.5 Å². The number of methoxy groups -OCH3 is 1. The molecule has 0 bridgehead atoms. The monoisotopic (exact) mass is 1640 g/mol. The van der Waals surface area contributed by atoms with Crippen molar-refractivity contribution in [3.8, 4) is 34.5 Å². The number of nitro groups is 1. The number of hydroxylamine groups is 2. The summed E-state index contributed by atoms with van der Waals surface area (Å²) < 4.78 is 573. The van der Waals surface area contributed by atoms with Gasteiger partial charge in [0.1, 0.15) is 12.4 Å². The van der Waals surface area contributed by atoms with Gasteiger partial charge in [0.15, 0.2) is 23.0 Å². The van der Waals surface area contributed by atoms with E-state index in [1.807, 2.05) is 0 Å². The van der Waals surface area contributed by atoms with Gasteiger partial charge in [0.25, 0.3) is 17.5 Å². The number of nitro benzene ring substituents is 1. The Morgan fingerprint density at radius 1 is 0.387 bits per heavy atom. The number of carbonyl (C=O) groups excluding carboxylic acids is 3. The Labute approximate surface area is 562 Å². The lowest BCUT2D eigenvalue weighted by Crippen LogP contribution is -2.70. The number of nitrogens with zero attached hydrogens (tertiary/aromatic N) is 2. The number of ether oxygens (including phenoxy) is 7. The minimum atomic E-state index is -8.51. The Morgan fingerprint density at radius 2 is 0.689 bits per heavy atom. The third-order valence-electron chi connectivity index (χ3n) is 14.3. The Hall–Kier alpha value is -7.68. The van der Waals surface area contributed by atoms with Gasteiger partial charge in [-0.2, -0.15) is 171 Å². The molecule has 0 atom stereocenters. The molecule has 54 heteroatoms. The van der Waals surface area contributed by atoms with Crippen molar-refractivity contribution in [2.75, 3.05) is 40.1 Å². The summed E-state index contributed by atoms with van der Waals surface area (Å²) >= 11 is 0. The van der Waals surface area contributed by atoms with E-state index < -0.39 is 243 Å². The van der Waals surface area contributed by atoms with Crippen LogP contribution in [0.15, 0.2) is 24.3 Å². The number of halogens is 39. The maximum absolute atomic E-state index is 14.8. The lowest BCUT2D eigenvalue weighted by Gasteiger charge is -2.39. The van der Waals surface area contributed by atoms with E-state index in [2.05, 4.69) is 4.84 Å². The summed E-state index contributed by atoms with van der Waals surface area (Å²) in [4.78, 5) is 50.9. The number of rotatable bonds is 41. The first kappa shape index (κ1) is 92.5. The zero-order chi connectivity index (χ0) is 82.7. The topological polar surface area (TPSA) is 171 Å². The first-order chi connectivity index (χ1) is 47.4. The highest BCUT2D eigenvalue weighted by molar-refractivity contribution is 6.01. The van der Waals surface area contributed by atoms with Crippen LogP contribution < -0.4 is 28.4 Å². The zero-order valence-corrected chi connectivity index (χ0v) is 51.5. The summed E-state index contributed by atoms with van der Waals surface area (Å²) in [5, 5.41) is 11.9. The summed E-state index contributed by atoms with van der Waals surface area (Å²) in [7, 11) is 0.994. The van der Waals surface area contributed by atoms with Crippen LogP contribution in [0.3, 0.4) is 0 Å². The standard InChI is InChI=1S/C52H43F39N2O13/c1-99-27-19-24(23-105-34(96)106-92-31(94)9-10-32(92)95)26(93(97)98)22-28(27)101-15-5-3-2-4-14-100-25-20-29(102-16-6-11-35(53,54)38(59,60)41(65,66)44(71,72)47(77,78)50(83,84)85)33(104-18-8-13-37(57,58)40(63,64)43(69,70)46(75,76)49(81,82)52(89,90)91)30(21-25)103-17-7-12-36(55,56)39(61,62)42(67,68)45(73,74)48(79,80)51(86,87)88/h19-22H,2-18,23H2,1H3. The molecule has 612 valence electrons. The van der Waals surface area contributed by atoms with E-state index in [9.17, 15) is 196 Å². The molecule has 3 rings (SSSR count). The highest BCUT2D eigenvalue weighted by atomic mass is 19.5. The molecule has 0 radical (unpaired) electrons. The van der Waals surface area contributed by atoms with Gasteiger partial charge < -0.3 is 33.2 Å². The Bertz CT molecular complexity index is 3260. The summed E-state index contributed by atoms with van der Waals surface area (Å²) in [6.07, 6.45) is -43.1. The number of benzene rings is 2. The summed E-state index contributed by atoms with van der Waals surface area (Å²) in [5.74, 6) is -129. The van der Waals surface area contributed by atoms with Crippen molar-refractivity contribution in [3.63, 3.8) is 0 Å². The molecule has 1 aliphatic heterocycles. The zero-order valence-electron chi connectivity index (χ0n) is 51.5. The van der Waals surface area contributed by atoms with E-state index >= 15 is 0 Å². The van der Waals surface area contributed by atoms with Gasteiger partial charge in [-0.15, -0.1) is 0 Å². The minimum Gasteiger partial charge on any atom is -0.493 e. The third kappa shape index (κ3) is 17.7. The molecule has 1 heterocycles. The molecule has 0 N–H and O–H groups in total. The highest BCUT2D eigenvalue weighted by Gasteiger charge is 2.93. The molecule has 2 aromatic rings. The first-order valence-corrected chi connectivity index (χ1v) is 28.2. The van der Waals surface area contributed by atoms with Crippen LogP contribution in [0.25, 0.3) is 0 Å².